The van der Waals surface area contributed by atoms with Crippen LogP contribution in [0.1, 0.15) is 59.1 Å². The van der Waals surface area contributed by atoms with Gasteiger partial charge in [0, 0.05) is 16.8 Å². The molecular formula is C24H28N3O2S+. The van der Waals surface area contributed by atoms with E-state index < -0.39 is 5.91 Å². The molecule has 3 rings (SSSR count). The van der Waals surface area contributed by atoms with E-state index in [2.05, 4.69) is 60.2 Å². The fourth-order valence-electron chi connectivity index (χ4n) is 3.28. The van der Waals surface area contributed by atoms with Crippen LogP contribution < -0.4 is 16.4 Å². The second-order valence-electron chi connectivity index (χ2n) is 7.73. The summed E-state index contributed by atoms with van der Waals surface area (Å²) in [5.41, 5.74) is 8.79. The van der Waals surface area contributed by atoms with Crippen molar-refractivity contribution in [3.05, 3.63) is 87.6 Å². The van der Waals surface area contributed by atoms with Crippen molar-refractivity contribution >= 4 is 28.8 Å². The van der Waals surface area contributed by atoms with Gasteiger partial charge < -0.3 is 16.4 Å². The second-order valence-corrected chi connectivity index (χ2v) is 8.71. The number of nitrogens with one attached hydrogen (secondary N) is 1. The van der Waals surface area contributed by atoms with Crippen LogP contribution >= 0.6 is 11.3 Å². The monoisotopic (exact) mass is 422 g/mol. The number of amides is 2. The van der Waals surface area contributed by atoms with E-state index in [4.69, 9.17) is 5.73 Å². The first-order valence-electron chi connectivity index (χ1n) is 10.0. The van der Waals surface area contributed by atoms with Crippen molar-refractivity contribution in [3.8, 4) is 0 Å². The van der Waals surface area contributed by atoms with Crippen molar-refractivity contribution in [1.82, 2.24) is 0 Å². The molecule has 0 fully saturated rings. The zero-order chi connectivity index (χ0) is 21.7. The third-order valence-electron chi connectivity index (χ3n) is 5.14. The van der Waals surface area contributed by atoms with E-state index in [9.17, 15) is 9.59 Å². The number of anilines is 1. The van der Waals surface area contributed by atoms with Gasteiger partial charge in [-0.1, -0.05) is 44.2 Å². The SMILES string of the molecule is CC(C)c1ccc([C@H]([NH2+][C@H](C)C(=O)Nc2ccc(C(N)=O)cc2)c2cccs2)cc1. The van der Waals surface area contributed by atoms with E-state index in [1.54, 1.807) is 35.6 Å². The zero-order valence-corrected chi connectivity index (χ0v) is 18.3. The number of thiophene rings is 1. The summed E-state index contributed by atoms with van der Waals surface area (Å²) in [7, 11) is 0. The van der Waals surface area contributed by atoms with Gasteiger partial charge >= 0.3 is 0 Å². The number of carbonyl (C=O) groups excluding carboxylic acids is 2. The highest BCUT2D eigenvalue weighted by atomic mass is 32.1. The summed E-state index contributed by atoms with van der Waals surface area (Å²) >= 11 is 1.69. The van der Waals surface area contributed by atoms with Gasteiger partial charge in [-0.3, -0.25) is 9.59 Å². The summed E-state index contributed by atoms with van der Waals surface area (Å²) in [6, 6.07) is 19.1. The third-order valence-corrected chi connectivity index (χ3v) is 6.10. The summed E-state index contributed by atoms with van der Waals surface area (Å²) in [5, 5.41) is 7.06. The first-order chi connectivity index (χ1) is 14.3. The minimum atomic E-state index is -0.489. The molecule has 6 heteroatoms. The van der Waals surface area contributed by atoms with Crippen LogP contribution in [0, 0.1) is 0 Å². The number of primary amides is 1. The summed E-state index contributed by atoms with van der Waals surface area (Å²) in [5.74, 6) is -0.104. The molecule has 5 nitrogen and oxygen atoms in total. The molecular weight excluding hydrogens is 394 g/mol. The molecule has 1 aromatic heterocycles. The number of hydrogen-bond acceptors (Lipinski definition) is 3. The molecule has 0 bridgehead atoms. The summed E-state index contributed by atoms with van der Waals surface area (Å²) in [6.07, 6.45) is 0. The van der Waals surface area contributed by atoms with Crippen LogP contribution in [0.3, 0.4) is 0 Å². The average molecular weight is 423 g/mol. The molecule has 156 valence electrons. The smallest absolute Gasteiger partial charge is 0.282 e. The molecule has 0 unspecified atom stereocenters. The van der Waals surface area contributed by atoms with Crippen LogP contribution in [0.25, 0.3) is 0 Å². The number of rotatable bonds is 8. The summed E-state index contributed by atoms with van der Waals surface area (Å²) in [6.45, 7) is 6.26. The average Bonchev–Trinajstić information content (AvgIpc) is 3.26. The number of carbonyl (C=O) groups is 2. The molecule has 0 aliphatic rings. The van der Waals surface area contributed by atoms with E-state index in [-0.39, 0.29) is 18.0 Å². The number of quaternary nitrogens is 1. The van der Waals surface area contributed by atoms with Crippen molar-refractivity contribution in [2.45, 2.75) is 38.8 Å². The summed E-state index contributed by atoms with van der Waals surface area (Å²) in [4.78, 5) is 25.2. The third kappa shape index (κ3) is 5.34. The highest BCUT2D eigenvalue weighted by Crippen LogP contribution is 2.25. The normalized spacial score (nSPS) is 13.1. The Bertz CT molecular complexity index is 980. The maximum absolute atomic E-state index is 12.8. The Kier molecular flexibility index (Phi) is 7.03. The van der Waals surface area contributed by atoms with Gasteiger partial charge in [-0.05, 0) is 54.1 Å². The predicted octanol–water partition coefficient (Wildman–Crippen LogP) is 3.65. The molecule has 2 amide bonds. The molecule has 0 spiro atoms. The van der Waals surface area contributed by atoms with Crippen LogP contribution in [0.15, 0.2) is 66.0 Å². The fraction of sp³-hybridized carbons (Fsp3) is 0.250. The minimum Gasteiger partial charge on any atom is -0.366 e. The van der Waals surface area contributed by atoms with Crippen LogP contribution in [0.2, 0.25) is 0 Å². The molecule has 0 radical (unpaired) electrons. The molecule has 0 aliphatic heterocycles. The van der Waals surface area contributed by atoms with E-state index >= 15 is 0 Å². The minimum absolute atomic E-state index is 0.0456. The lowest BCUT2D eigenvalue weighted by atomic mass is 9.98. The lowest BCUT2D eigenvalue weighted by molar-refractivity contribution is -0.703. The van der Waals surface area contributed by atoms with Gasteiger partial charge in [-0.15, -0.1) is 11.3 Å². The Morgan fingerprint density at radius 3 is 2.10 bits per heavy atom. The number of benzene rings is 2. The molecule has 3 aromatic rings. The maximum Gasteiger partial charge on any atom is 0.282 e. The van der Waals surface area contributed by atoms with Crippen molar-refractivity contribution in [1.29, 1.82) is 0 Å². The quantitative estimate of drug-likeness (QED) is 0.517. The van der Waals surface area contributed by atoms with Gasteiger partial charge in [0.2, 0.25) is 5.91 Å². The molecule has 0 aliphatic carbocycles. The molecule has 2 aromatic carbocycles. The predicted molar refractivity (Wildman–Crippen MR) is 122 cm³/mol. The Morgan fingerprint density at radius 1 is 0.933 bits per heavy atom. The Hall–Kier alpha value is -2.96. The van der Waals surface area contributed by atoms with E-state index in [0.29, 0.717) is 17.2 Å². The number of hydrogen-bond donors (Lipinski definition) is 3. The van der Waals surface area contributed by atoms with Crippen LogP contribution in [0.4, 0.5) is 5.69 Å². The van der Waals surface area contributed by atoms with E-state index in [0.717, 1.165) is 0 Å². The first-order valence-corrected chi connectivity index (χ1v) is 10.9. The van der Waals surface area contributed by atoms with Gasteiger partial charge in [0.15, 0.2) is 6.04 Å². The van der Waals surface area contributed by atoms with Gasteiger partial charge in [-0.25, -0.2) is 0 Å². The second kappa shape index (κ2) is 9.69. The van der Waals surface area contributed by atoms with E-state index in [1.165, 1.54) is 16.0 Å². The Morgan fingerprint density at radius 2 is 1.57 bits per heavy atom. The van der Waals surface area contributed by atoms with Crippen molar-refractivity contribution in [2.24, 2.45) is 5.73 Å². The molecule has 0 saturated heterocycles. The highest BCUT2D eigenvalue weighted by molar-refractivity contribution is 7.10. The fourth-order valence-corrected chi connectivity index (χ4v) is 4.11. The standard InChI is InChI=1S/C24H27N3O2S/c1-15(2)17-6-8-18(9-7-17)22(21-5-4-14-30-21)26-16(3)24(29)27-20-12-10-19(11-13-20)23(25)28/h4-16,22,26H,1-3H3,(H2,25,28)(H,27,29)/p+1/t16-,22+/m1/s1. The van der Waals surface area contributed by atoms with Crippen molar-refractivity contribution < 1.29 is 14.9 Å². The lowest BCUT2D eigenvalue weighted by Crippen LogP contribution is -2.92. The molecule has 5 N–H and O–H groups in total. The molecule has 1 heterocycles. The van der Waals surface area contributed by atoms with Crippen molar-refractivity contribution in [2.75, 3.05) is 5.32 Å². The maximum atomic E-state index is 12.8. The largest absolute Gasteiger partial charge is 0.366 e. The molecule has 0 saturated carbocycles. The highest BCUT2D eigenvalue weighted by Gasteiger charge is 2.25. The topological polar surface area (TPSA) is 88.8 Å². The summed E-state index contributed by atoms with van der Waals surface area (Å²) < 4.78 is 0. The van der Waals surface area contributed by atoms with Crippen molar-refractivity contribution in [3.63, 3.8) is 0 Å². The Balaban J connectivity index is 1.73. The number of nitrogens with two attached hydrogens (primary N) is 2. The van der Waals surface area contributed by atoms with Crippen LogP contribution in [-0.4, -0.2) is 17.9 Å². The van der Waals surface area contributed by atoms with E-state index in [1.807, 2.05) is 13.0 Å². The molecule has 30 heavy (non-hydrogen) atoms. The first kappa shape index (κ1) is 21.7. The van der Waals surface area contributed by atoms with Crippen LogP contribution in [-0.2, 0) is 4.79 Å². The Labute approximate surface area is 181 Å². The van der Waals surface area contributed by atoms with Gasteiger partial charge in [0.05, 0.1) is 4.88 Å². The molecule has 2 atom stereocenters. The lowest BCUT2D eigenvalue weighted by Gasteiger charge is -2.20. The van der Waals surface area contributed by atoms with Crippen LogP contribution in [0.5, 0.6) is 0 Å². The zero-order valence-electron chi connectivity index (χ0n) is 17.5. The van der Waals surface area contributed by atoms with Gasteiger partial charge in [0.1, 0.15) is 6.04 Å². The van der Waals surface area contributed by atoms with Gasteiger partial charge in [-0.2, -0.15) is 0 Å². The van der Waals surface area contributed by atoms with Gasteiger partial charge in [0.25, 0.3) is 5.91 Å².